The molecule has 6 nitrogen and oxygen atoms in total. The monoisotopic (exact) mass is 254 g/mol. The maximum atomic E-state index is 10.9. The van der Waals surface area contributed by atoms with Gasteiger partial charge in [0.15, 0.2) is 0 Å². The Labute approximate surface area is 105 Å². The fourth-order valence-electron chi connectivity index (χ4n) is 1.73. The topological polar surface area (TPSA) is 95.6 Å². The SMILES string of the molecule is CNCCC(O)C(O)c1cc(C)ccc1[N+](=O)[O-]. The maximum absolute atomic E-state index is 10.9. The molecule has 0 saturated carbocycles. The van der Waals surface area contributed by atoms with Crippen LogP contribution in [0.5, 0.6) is 0 Å². The van der Waals surface area contributed by atoms with Crippen molar-refractivity contribution in [2.24, 2.45) is 0 Å². The molecule has 0 aliphatic rings. The second kappa shape index (κ2) is 6.44. The van der Waals surface area contributed by atoms with E-state index in [0.29, 0.717) is 13.0 Å². The normalized spacial score (nSPS) is 14.2. The minimum atomic E-state index is -1.25. The molecule has 3 N–H and O–H groups in total. The average Bonchev–Trinajstić information content (AvgIpc) is 2.34. The van der Waals surface area contributed by atoms with Crippen LogP contribution in [0.1, 0.15) is 23.7 Å². The van der Waals surface area contributed by atoms with E-state index in [0.717, 1.165) is 5.56 Å². The van der Waals surface area contributed by atoms with Crippen molar-refractivity contribution >= 4 is 5.69 Å². The van der Waals surface area contributed by atoms with Gasteiger partial charge in [-0.2, -0.15) is 0 Å². The van der Waals surface area contributed by atoms with E-state index in [1.54, 1.807) is 20.0 Å². The molecular weight excluding hydrogens is 236 g/mol. The van der Waals surface area contributed by atoms with Crippen molar-refractivity contribution in [3.63, 3.8) is 0 Å². The average molecular weight is 254 g/mol. The molecular formula is C12H18N2O4. The first-order chi connectivity index (χ1) is 8.47. The quantitative estimate of drug-likeness (QED) is 0.518. The van der Waals surface area contributed by atoms with E-state index >= 15 is 0 Å². The molecule has 100 valence electrons. The number of hydrogen-bond donors (Lipinski definition) is 3. The van der Waals surface area contributed by atoms with Gasteiger partial charge in [-0.3, -0.25) is 10.1 Å². The lowest BCUT2D eigenvalue weighted by Gasteiger charge is -2.18. The molecule has 0 aliphatic heterocycles. The molecule has 0 amide bonds. The number of hydrogen-bond acceptors (Lipinski definition) is 5. The molecule has 6 heteroatoms. The van der Waals surface area contributed by atoms with E-state index in [-0.39, 0.29) is 11.3 Å². The van der Waals surface area contributed by atoms with Crippen LogP contribution in [0.4, 0.5) is 5.69 Å². The molecule has 2 unspecified atom stereocenters. The molecule has 1 aromatic carbocycles. The summed E-state index contributed by atoms with van der Waals surface area (Å²) in [5.74, 6) is 0. The van der Waals surface area contributed by atoms with Crippen molar-refractivity contribution in [3.05, 3.63) is 39.4 Å². The number of aryl methyl sites for hydroxylation is 1. The Morgan fingerprint density at radius 3 is 2.67 bits per heavy atom. The van der Waals surface area contributed by atoms with Crippen molar-refractivity contribution in [2.45, 2.75) is 25.6 Å². The number of aliphatic hydroxyl groups excluding tert-OH is 2. The van der Waals surface area contributed by atoms with Crippen molar-refractivity contribution in [2.75, 3.05) is 13.6 Å². The van der Waals surface area contributed by atoms with Crippen molar-refractivity contribution < 1.29 is 15.1 Å². The molecule has 0 spiro atoms. The minimum Gasteiger partial charge on any atom is -0.390 e. The number of nitrogens with zero attached hydrogens (tertiary/aromatic N) is 1. The summed E-state index contributed by atoms with van der Waals surface area (Å²) in [6.07, 6.45) is -1.96. The standard InChI is InChI=1S/C12H18N2O4/c1-8-3-4-10(14(17)18)9(7-8)12(16)11(15)5-6-13-2/h3-4,7,11-13,15-16H,5-6H2,1-2H3. The van der Waals surface area contributed by atoms with E-state index in [1.165, 1.54) is 12.1 Å². The van der Waals surface area contributed by atoms with Gasteiger partial charge in [-0.15, -0.1) is 0 Å². The minimum absolute atomic E-state index is 0.156. The van der Waals surface area contributed by atoms with Crippen LogP contribution in [0.2, 0.25) is 0 Å². The van der Waals surface area contributed by atoms with Crippen LogP contribution in [-0.4, -0.2) is 34.8 Å². The Balaban J connectivity index is 2.99. The van der Waals surface area contributed by atoms with E-state index in [9.17, 15) is 20.3 Å². The van der Waals surface area contributed by atoms with Crippen molar-refractivity contribution in [1.29, 1.82) is 0 Å². The highest BCUT2D eigenvalue weighted by Crippen LogP contribution is 2.29. The maximum Gasteiger partial charge on any atom is 0.275 e. The Bertz CT molecular complexity index is 423. The highest BCUT2D eigenvalue weighted by molar-refractivity contribution is 5.44. The van der Waals surface area contributed by atoms with Crippen LogP contribution in [0.3, 0.4) is 0 Å². The van der Waals surface area contributed by atoms with Gasteiger partial charge < -0.3 is 15.5 Å². The molecule has 0 fully saturated rings. The Kier molecular flexibility index (Phi) is 5.21. The Morgan fingerprint density at radius 2 is 2.11 bits per heavy atom. The largest absolute Gasteiger partial charge is 0.390 e. The molecule has 0 aromatic heterocycles. The van der Waals surface area contributed by atoms with Gasteiger partial charge in [0.2, 0.25) is 0 Å². The summed E-state index contributed by atoms with van der Waals surface area (Å²) in [5, 5.41) is 33.5. The van der Waals surface area contributed by atoms with Crippen LogP contribution in [0.25, 0.3) is 0 Å². The first-order valence-corrected chi connectivity index (χ1v) is 5.73. The third kappa shape index (κ3) is 3.49. The van der Waals surface area contributed by atoms with Crippen LogP contribution in [0, 0.1) is 17.0 Å². The van der Waals surface area contributed by atoms with Crippen LogP contribution in [-0.2, 0) is 0 Å². The lowest BCUT2D eigenvalue weighted by molar-refractivity contribution is -0.386. The van der Waals surface area contributed by atoms with Crippen LogP contribution >= 0.6 is 0 Å². The summed E-state index contributed by atoms with van der Waals surface area (Å²) in [6.45, 7) is 2.30. The van der Waals surface area contributed by atoms with Crippen LogP contribution in [0.15, 0.2) is 18.2 Å². The molecule has 0 aliphatic carbocycles. The fourth-order valence-corrected chi connectivity index (χ4v) is 1.73. The molecule has 1 rings (SSSR count). The molecule has 2 atom stereocenters. The number of nitro benzene ring substituents is 1. The molecule has 0 radical (unpaired) electrons. The zero-order chi connectivity index (χ0) is 13.7. The number of nitrogens with one attached hydrogen (secondary N) is 1. The summed E-state index contributed by atoms with van der Waals surface area (Å²) >= 11 is 0. The van der Waals surface area contributed by atoms with E-state index in [4.69, 9.17) is 0 Å². The molecule has 18 heavy (non-hydrogen) atoms. The van der Waals surface area contributed by atoms with Gasteiger partial charge in [0.1, 0.15) is 6.10 Å². The van der Waals surface area contributed by atoms with Gasteiger partial charge in [0.05, 0.1) is 16.6 Å². The zero-order valence-electron chi connectivity index (χ0n) is 10.5. The zero-order valence-corrected chi connectivity index (χ0v) is 10.5. The summed E-state index contributed by atoms with van der Waals surface area (Å²) in [5.41, 5.74) is 0.788. The highest BCUT2D eigenvalue weighted by Gasteiger charge is 2.25. The lowest BCUT2D eigenvalue weighted by Crippen LogP contribution is -2.24. The van der Waals surface area contributed by atoms with Crippen LogP contribution < -0.4 is 5.32 Å². The van der Waals surface area contributed by atoms with Gasteiger partial charge >= 0.3 is 0 Å². The lowest BCUT2D eigenvalue weighted by atomic mass is 9.98. The highest BCUT2D eigenvalue weighted by atomic mass is 16.6. The van der Waals surface area contributed by atoms with E-state index in [2.05, 4.69) is 5.32 Å². The third-order valence-electron chi connectivity index (χ3n) is 2.75. The predicted octanol–water partition coefficient (Wildman–Crippen LogP) is 0.907. The summed E-state index contributed by atoms with van der Waals surface area (Å²) in [7, 11) is 1.73. The number of benzene rings is 1. The molecule has 1 aromatic rings. The van der Waals surface area contributed by atoms with Gasteiger partial charge in [0, 0.05) is 6.07 Å². The smallest absolute Gasteiger partial charge is 0.275 e. The van der Waals surface area contributed by atoms with Gasteiger partial charge in [-0.05, 0) is 33.0 Å². The van der Waals surface area contributed by atoms with Crippen molar-refractivity contribution in [3.8, 4) is 0 Å². The number of aliphatic hydroxyl groups is 2. The second-order valence-corrected chi connectivity index (χ2v) is 4.22. The first-order valence-electron chi connectivity index (χ1n) is 5.73. The summed E-state index contributed by atoms with van der Waals surface area (Å²) in [4.78, 5) is 10.3. The van der Waals surface area contributed by atoms with E-state index in [1.807, 2.05) is 0 Å². The second-order valence-electron chi connectivity index (χ2n) is 4.22. The van der Waals surface area contributed by atoms with E-state index < -0.39 is 17.1 Å². The predicted molar refractivity (Wildman–Crippen MR) is 67.3 cm³/mol. The van der Waals surface area contributed by atoms with Gasteiger partial charge in [-0.25, -0.2) is 0 Å². The Morgan fingerprint density at radius 1 is 1.44 bits per heavy atom. The Hall–Kier alpha value is -1.50. The fraction of sp³-hybridized carbons (Fsp3) is 0.500. The first kappa shape index (κ1) is 14.6. The van der Waals surface area contributed by atoms with Crippen molar-refractivity contribution in [1.82, 2.24) is 5.32 Å². The number of rotatable bonds is 6. The van der Waals surface area contributed by atoms with Gasteiger partial charge in [-0.1, -0.05) is 11.6 Å². The van der Waals surface area contributed by atoms with Gasteiger partial charge in [0.25, 0.3) is 5.69 Å². The number of nitro groups is 1. The third-order valence-corrected chi connectivity index (χ3v) is 2.75. The summed E-state index contributed by atoms with van der Waals surface area (Å²) in [6, 6.07) is 4.48. The summed E-state index contributed by atoms with van der Waals surface area (Å²) < 4.78 is 0. The molecule has 0 heterocycles. The molecule has 0 bridgehead atoms. The molecule has 0 saturated heterocycles.